The highest BCUT2D eigenvalue weighted by Gasteiger charge is 2.70. The maximum atomic E-state index is 12.3. The Morgan fingerprint density at radius 2 is 1.82 bits per heavy atom. The number of quaternary nitrogens is 1. The molecule has 5 heteroatoms. The molecule has 5 nitrogen and oxygen atoms in total. The van der Waals surface area contributed by atoms with Crippen LogP contribution in [0.4, 0.5) is 0 Å². The summed E-state index contributed by atoms with van der Waals surface area (Å²) in [7, 11) is 1.53. The molecule has 13 atom stereocenters. The van der Waals surface area contributed by atoms with Crippen molar-refractivity contribution in [2.24, 2.45) is 57.2 Å². The van der Waals surface area contributed by atoms with Gasteiger partial charge >= 0.3 is 5.97 Å². The van der Waals surface area contributed by atoms with Crippen LogP contribution in [0.3, 0.4) is 0 Å². The SMILES string of the molecule is C=C(C)[C@@H]1CC[C@]2(NCC[NH+]3C[C@@H]4CC3CO4)CC[C@]3(C)[C@H](CC[C@@H]4[C@@]5(C)CC=C(C6=CC[C@@H](C(=O)OC)CC6)C(C)(C)[C@@H]5CC[C@]43C)[C@@H]12. The van der Waals surface area contributed by atoms with Gasteiger partial charge in [-0.1, -0.05) is 58.9 Å². The molecule has 2 bridgehead atoms. The van der Waals surface area contributed by atoms with Gasteiger partial charge in [-0.3, -0.25) is 4.79 Å². The minimum absolute atomic E-state index is 0.0304. The first-order chi connectivity index (χ1) is 23.3. The van der Waals surface area contributed by atoms with E-state index in [0.717, 1.165) is 56.2 Å². The van der Waals surface area contributed by atoms with Gasteiger partial charge in [0, 0.05) is 18.5 Å². The molecule has 0 aromatic rings. The molecule has 0 spiro atoms. The molecule has 0 amide bonds. The normalized spacial score (nSPS) is 49.6. The summed E-state index contributed by atoms with van der Waals surface area (Å²) in [4.78, 5) is 14.1. The summed E-state index contributed by atoms with van der Waals surface area (Å²) in [5.41, 5.74) is 6.08. The molecular formula is C44H69N2O3+. The molecule has 0 aromatic heterocycles. The van der Waals surface area contributed by atoms with Gasteiger partial charge in [0.1, 0.15) is 18.7 Å². The monoisotopic (exact) mass is 674 g/mol. The fourth-order valence-corrected chi connectivity index (χ4v) is 15.4. The summed E-state index contributed by atoms with van der Waals surface area (Å²) in [6.45, 7) is 25.1. The van der Waals surface area contributed by atoms with Crippen molar-refractivity contribution in [1.82, 2.24) is 5.32 Å². The molecule has 2 N–H and O–H groups in total. The molecule has 8 aliphatic rings. The number of allylic oxidation sites excluding steroid dienone is 5. The molecule has 49 heavy (non-hydrogen) atoms. The van der Waals surface area contributed by atoms with Gasteiger partial charge in [0.2, 0.25) is 0 Å². The Morgan fingerprint density at radius 3 is 2.49 bits per heavy atom. The van der Waals surface area contributed by atoms with Gasteiger partial charge in [-0.2, -0.15) is 0 Å². The number of methoxy groups -OCH3 is 1. The third-order valence-corrected chi connectivity index (χ3v) is 18.0. The van der Waals surface area contributed by atoms with Crippen LogP contribution < -0.4 is 10.2 Å². The van der Waals surface area contributed by atoms with Gasteiger partial charge in [0.05, 0.1) is 26.2 Å². The second-order valence-corrected chi connectivity index (χ2v) is 20.0. The lowest BCUT2D eigenvalue weighted by Gasteiger charge is -2.72. The predicted molar refractivity (Wildman–Crippen MR) is 197 cm³/mol. The van der Waals surface area contributed by atoms with E-state index < -0.39 is 0 Å². The summed E-state index contributed by atoms with van der Waals surface area (Å²) in [6, 6.07) is 0.738. The number of hydrogen-bond acceptors (Lipinski definition) is 4. The van der Waals surface area contributed by atoms with Gasteiger partial charge < -0.3 is 19.7 Å². The van der Waals surface area contributed by atoms with Gasteiger partial charge in [-0.15, -0.1) is 0 Å². The van der Waals surface area contributed by atoms with E-state index in [1.807, 2.05) is 0 Å². The Hall–Kier alpha value is -1.43. The smallest absolute Gasteiger partial charge is 0.308 e. The molecule has 2 saturated heterocycles. The van der Waals surface area contributed by atoms with E-state index in [9.17, 15) is 4.79 Å². The Balaban J connectivity index is 1.04. The minimum atomic E-state index is -0.0383. The largest absolute Gasteiger partial charge is 0.469 e. The van der Waals surface area contributed by atoms with E-state index in [-0.39, 0.29) is 22.8 Å². The first kappa shape index (κ1) is 34.6. The van der Waals surface area contributed by atoms with E-state index in [1.54, 1.807) is 10.5 Å². The molecule has 4 saturated carbocycles. The Kier molecular flexibility index (Phi) is 8.52. The van der Waals surface area contributed by atoms with Crippen LogP contribution >= 0.6 is 0 Å². The average Bonchev–Trinajstić information content (AvgIpc) is 3.80. The maximum Gasteiger partial charge on any atom is 0.308 e. The van der Waals surface area contributed by atoms with Crippen LogP contribution in [0.1, 0.15) is 125 Å². The molecule has 6 aliphatic carbocycles. The number of esters is 1. The molecule has 272 valence electrons. The lowest BCUT2D eigenvalue weighted by atomic mass is 9.33. The van der Waals surface area contributed by atoms with E-state index in [0.29, 0.717) is 34.2 Å². The minimum Gasteiger partial charge on any atom is -0.469 e. The second kappa shape index (κ2) is 12.1. The third kappa shape index (κ3) is 5.03. The number of rotatable bonds is 7. The highest BCUT2D eigenvalue weighted by Crippen LogP contribution is 2.76. The molecule has 0 aromatic carbocycles. The van der Waals surface area contributed by atoms with E-state index in [4.69, 9.17) is 9.47 Å². The van der Waals surface area contributed by atoms with Gasteiger partial charge in [0.15, 0.2) is 0 Å². The summed E-state index contributed by atoms with van der Waals surface area (Å²) in [5, 5.41) is 4.37. The van der Waals surface area contributed by atoms with E-state index >= 15 is 0 Å². The molecule has 8 rings (SSSR count). The summed E-state index contributed by atoms with van der Waals surface area (Å²) < 4.78 is 11.0. The van der Waals surface area contributed by atoms with Crippen molar-refractivity contribution in [2.45, 2.75) is 143 Å². The highest BCUT2D eigenvalue weighted by atomic mass is 16.5. The van der Waals surface area contributed by atoms with Crippen LogP contribution in [-0.4, -0.2) is 57.0 Å². The summed E-state index contributed by atoms with van der Waals surface area (Å²) >= 11 is 0. The van der Waals surface area contributed by atoms with Crippen molar-refractivity contribution in [3.63, 3.8) is 0 Å². The lowest BCUT2D eigenvalue weighted by Crippen LogP contribution is -3.16. The fourth-order valence-electron chi connectivity index (χ4n) is 15.4. The number of ether oxygens (including phenoxy) is 2. The van der Waals surface area contributed by atoms with E-state index in [2.05, 4.69) is 65.6 Å². The number of hydrogen-bond donors (Lipinski definition) is 2. The van der Waals surface area contributed by atoms with Crippen molar-refractivity contribution in [3.05, 3.63) is 35.5 Å². The van der Waals surface area contributed by atoms with Crippen molar-refractivity contribution < 1.29 is 19.2 Å². The summed E-state index contributed by atoms with van der Waals surface area (Å²) in [5.74, 6) is 3.62. The van der Waals surface area contributed by atoms with Crippen molar-refractivity contribution in [1.29, 1.82) is 0 Å². The van der Waals surface area contributed by atoms with E-state index in [1.165, 1.54) is 95.6 Å². The first-order valence-electron chi connectivity index (χ1n) is 20.6. The molecule has 6 fully saturated rings. The fraction of sp³-hybridized carbons (Fsp3) is 0.841. The van der Waals surface area contributed by atoms with Gasteiger partial charge in [-0.25, -0.2) is 0 Å². The van der Waals surface area contributed by atoms with Crippen LogP contribution in [0, 0.1) is 57.2 Å². The Morgan fingerprint density at radius 1 is 1.00 bits per heavy atom. The number of likely N-dealkylation sites (tertiary alicyclic amines) is 1. The average molecular weight is 674 g/mol. The van der Waals surface area contributed by atoms with Crippen LogP contribution in [-0.2, 0) is 14.3 Å². The third-order valence-electron chi connectivity index (χ3n) is 18.0. The zero-order chi connectivity index (χ0) is 34.6. The van der Waals surface area contributed by atoms with Crippen LogP contribution in [0.5, 0.6) is 0 Å². The zero-order valence-electron chi connectivity index (χ0n) is 32.2. The number of morpholine rings is 1. The topological polar surface area (TPSA) is 52.0 Å². The molecule has 0 radical (unpaired) electrons. The molecule has 2 aliphatic heterocycles. The highest BCUT2D eigenvalue weighted by molar-refractivity contribution is 5.73. The lowest BCUT2D eigenvalue weighted by molar-refractivity contribution is -0.918. The van der Waals surface area contributed by atoms with Crippen LogP contribution in [0.2, 0.25) is 0 Å². The number of carbonyl (C=O) groups is 1. The maximum absolute atomic E-state index is 12.3. The quantitative estimate of drug-likeness (QED) is 0.218. The van der Waals surface area contributed by atoms with Gasteiger partial charge in [-0.05, 0) is 146 Å². The number of carbonyl (C=O) groups excluding carboxylic acids is 1. The van der Waals surface area contributed by atoms with Crippen LogP contribution in [0.25, 0.3) is 0 Å². The molecular weight excluding hydrogens is 604 g/mol. The predicted octanol–water partition coefficient (Wildman–Crippen LogP) is 7.48. The van der Waals surface area contributed by atoms with Crippen molar-refractivity contribution >= 4 is 5.97 Å². The molecule has 2 heterocycles. The number of fused-ring (bicyclic) bond motifs is 9. The Labute approximate surface area is 298 Å². The van der Waals surface area contributed by atoms with Crippen molar-refractivity contribution in [3.8, 4) is 0 Å². The first-order valence-corrected chi connectivity index (χ1v) is 20.6. The van der Waals surface area contributed by atoms with Crippen LogP contribution in [0.15, 0.2) is 35.5 Å². The zero-order valence-corrected chi connectivity index (χ0v) is 32.2. The Bertz CT molecular complexity index is 1410. The molecule has 2 unspecified atom stereocenters. The van der Waals surface area contributed by atoms with Gasteiger partial charge in [0.25, 0.3) is 0 Å². The summed E-state index contributed by atoms with van der Waals surface area (Å²) in [6.07, 6.45) is 21.8. The number of nitrogens with one attached hydrogen (secondary N) is 2. The second-order valence-electron chi connectivity index (χ2n) is 20.0. The standard InChI is InChI=1S/C44H68N2O3/c1-28(2)33-15-20-44(45-23-24-46-26-32-25-31(46)27-49-32)22-21-42(6)35(38(33)44)13-14-37-41(5)18-16-34(29-9-11-30(12-10-29)39(47)48-8)40(3,4)36(41)17-19-43(37,42)7/h9,16,30-33,35-38,45H,1,10-15,17-27H2,2-8H3/p+1/t30-,31?,32+,33+,35-,36+,37-,38-,41+,42-,43-,44+/m1/s1. The van der Waals surface area contributed by atoms with Crippen molar-refractivity contribution in [2.75, 3.05) is 33.4 Å².